The molecule has 124 valence electrons. The highest BCUT2D eigenvalue weighted by molar-refractivity contribution is 5.91. The quantitative estimate of drug-likeness (QED) is 0.585. The lowest BCUT2D eigenvalue weighted by atomic mass is 10.1. The van der Waals surface area contributed by atoms with E-state index in [-0.39, 0.29) is 11.8 Å². The first-order chi connectivity index (χ1) is 12.2. The fraction of sp³-hybridized carbons (Fsp3) is 0.190. The summed E-state index contributed by atoms with van der Waals surface area (Å²) in [5.74, 6) is 0.344. The molecule has 0 spiro atoms. The van der Waals surface area contributed by atoms with Crippen molar-refractivity contribution in [3.05, 3.63) is 77.5 Å². The number of benzene rings is 2. The van der Waals surface area contributed by atoms with Gasteiger partial charge < -0.3 is 0 Å². The largest absolute Gasteiger partial charge is 0.273 e. The maximum absolute atomic E-state index is 12.2. The van der Waals surface area contributed by atoms with Gasteiger partial charge in [0.05, 0.1) is 11.7 Å². The Labute approximate surface area is 146 Å². The standard InChI is InChI=1S/C21H19N3O/c1-14-10-15(11-17-8-5-9-22-20(14)17)13-23-24-21(25)19-12-18(19)16-6-3-2-4-7-16/h2-11,13,18-19H,12H2,1H3,(H,24,25). The average Bonchev–Trinajstić information content (AvgIpc) is 3.43. The number of amides is 1. The van der Waals surface area contributed by atoms with Gasteiger partial charge in [-0.05, 0) is 54.2 Å². The molecule has 25 heavy (non-hydrogen) atoms. The first-order valence-electron chi connectivity index (χ1n) is 8.45. The Morgan fingerprint density at radius 2 is 2.04 bits per heavy atom. The highest BCUT2D eigenvalue weighted by Gasteiger charge is 2.43. The zero-order valence-electron chi connectivity index (χ0n) is 14.0. The van der Waals surface area contributed by atoms with Crippen molar-refractivity contribution in [1.82, 2.24) is 10.4 Å². The number of aromatic nitrogens is 1. The summed E-state index contributed by atoms with van der Waals surface area (Å²) in [5, 5.41) is 5.20. The van der Waals surface area contributed by atoms with Crippen LogP contribution in [0.3, 0.4) is 0 Å². The van der Waals surface area contributed by atoms with Crippen LogP contribution < -0.4 is 5.43 Å². The molecule has 4 rings (SSSR count). The van der Waals surface area contributed by atoms with Crippen molar-refractivity contribution in [1.29, 1.82) is 0 Å². The van der Waals surface area contributed by atoms with Crippen LogP contribution in [0.25, 0.3) is 10.9 Å². The van der Waals surface area contributed by atoms with Crippen molar-refractivity contribution >= 4 is 23.0 Å². The molecule has 1 saturated carbocycles. The lowest BCUT2D eigenvalue weighted by molar-refractivity contribution is -0.122. The number of pyridine rings is 1. The highest BCUT2D eigenvalue weighted by atomic mass is 16.2. The summed E-state index contributed by atoms with van der Waals surface area (Å²) < 4.78 is 0. The van der Waals surface area contributed by atoms with Crippen molar-refractivity contribution < 1.29 is 4.79 Å². The Hall–Kier alpha value is -3.01. The van der Waals surface area contributed by atoms with Crippen molar-refractivity contribution in [2.75, 3.05) is 0 Å². The second-order valence-electron chi connectivity index (χ2n) is 6.51. The number of hydrogen-bond donors (Lipinski definition) is 1. The molecule has 0 aliphatic heterocycles. The third-order valence-corrected chi connectivity index (χ3v) is 4.66. The van der Waals surface area contributed by atoms with E-state index < -0.39 is 0 Å². The van der Waals surface area contributed by atoms with Gasteiger partial charge in [-0.3, -0.25) is 9.78 Å². The summed E-state index contributed by atoms with van der Waals surface area (Å²) in [4.78, 5) is 16.6. The molecule has 4 heteroatoms. The van der Waals surface area contributed by atoms with Crippen LogP contribution >= 0.6 is 0 Å². The first-order valence-corrected chi connectivity index (χ1v) is 8.45. The molecule has 0 saturated heterocycles. The molecular formula is C21H19N3O. The molecule has 3 aromatic rings. The maximum atomic E-state index is 12.2. The summed E-state index contributed by atoms with van der Waals surface area (Å²) >= 11 is 0. The highest BCUT2D eigenvalue weighted by Crippen LogP contribution is 2.47. The number of hydrazone groups is 1. The van der Waals surface area contributed by atoms with Crippen LogP contribution in [0.1, 0.15) is 29.0 Å². The summed E-state index contributed by atoms with van der Waals surface area (Å²) in [5.41, 5.74) is 6.94. The molecule has 1 heterocycles. The van der Waals surface area contributed by atoms with Crippen molar-refractivity contribution in [2.24, 2.45) is 11.0 Å². The minimum atomic E-state index is -0.00993. The number of rotatable bonds is 4. The van der Waals surface area contributed by atoms with E-state index in [4.69, 9.17) is 0 Å². The number of nitrogens with zero attached hydrogens (tertiary/aromatic N) is 2. The summed E-state index contributed by atoms with van der Waals surface area (Å²) in [6.45, 7) is 2.03. The molecule has 1 aromatic heterocycles. The van der Waals surface area contributed by atoms with Gasteiger partial charge in [0.25, 0.3) is 0 Å². The van der Waals surface area contributed by atoms with E-state index in [1.807, 2.05) is 49.4 Å². The normalized spacial score (nSPS) is 19.2. The Kier molecular flexibility index (Phi) is 4.02. The summed E-state index contributed by atoms with van der Waals surface area (Å²) in [6, 6.07) is 18.2. The van der Waals surface area contributed by atoms with Gasteiger partial charge >= 0.3 is 0 Å². The number of aryl methyl sites for hydroxylation is 1. The smallest absolute Gasteiger partial charge is 0.243 e. The number of fused-ring (bicyclic) bond motifs is 1. The molecule has 2 aromatic carbocycles. The minimum Gasteiger partial charge on any atom is -0.273 e. The number of nitrogens with one attached hydrogen (secondary N) is 1. The van der Waals surface area contributed by atoms with Crippen LogP contribution in [0.4, 0.5) is 0 Å². The molecule has 1 fully saturated rings. The SMILES string of the molecule is Cc1cc(C=NNC(=O)C2CC2c2ccccc2)cc2cccnc12. The van der Waals surface area contributed by atoms with Gasteiger partial charge in [0.15, 0.2) is 0 Å². The molecule has 1 aliphatic carbocycles. The zero-order chi connectivity index (χ0) is 17.2. The fourth-order valence-corrected chi connectivity index (χ4v) is 3.28. The molecule has 0 radical (unpaired) electrons. The van der Waals surface area contributed by atoms with Gasteiger partial charge in [0, 0.05) is 17.5 Å². The van der Waals surface area contributed by atoms with E-state index in [2.05, 4.69) is 27.6 Å². The number of carbonyl (C=O) groups excluding carboxylic acids is 1. The first kappa shape index (κ1) is 15.5. The molecule has 4 nitrogen and oxygen atoms in total. The van der Waals surface area contributed by atoms with Crippen molar-refractivity contribution in [2.45, 2.75) is 19.3 Å². The van der Waals surface area contributed by atoms with Crippen LogP contribution in [0.2, 0.25) is 0 Å². The third kappa shape index (κ3) is 3.29. The van der Waals surface area contributed by atoms with Crippen molar-refractivity contribution in [3.63, 3.8) is 0 Å². The topological polar surface area (TPSA) is 54.4 Å². The van der Waals surface area contributed by atoms with E-state index in [0.29, 0.717) is 5.92 Å². The van der Waals surface area contributed by atoms with Crippen LogP contribution in [-0.2, 0) is 4.79 Å². The van der Waals surface area contributed by atoms with Crippen molar-refractivity contribution in [3.8, 4) is 0 Å². The van der Waals surface area contributed by atoms with Crippen LogP contribution in [-0.4, -0.2) is 17.1 Å². The van der Waals surface area contributed by atoms with Crippen LogP contribution in [0.15, 0.2) is 65.9 Å². The van der Waals surface area contributed by atoms with E-state index in [0.717, 1.165) is 28.5 Å². The van der Waals surface area contributed by atoms with Gasteiger partial charge in [-0.15, -0.1) is 0 Å². The van der Waals surface area contributed by atoms with Crippen LogP contribution in [0, 0.1) is 12.8 Å². The third-order valence-electron chi connectivity index (χ3n) is 4.66. The summed E-state index contributed by atoms with van der Waals surface area (Å²) in [7, 11) is 0. The van der Waals surface area contributed by atoms with E-state index >= 15 is 0 Å². The van der Waals surface area contributed by atoms with Gasteiger partial charge in [0.2, 0.25) is 5.91 Å². The predicted octanol–water partition coefficient (Wildman–Crippen LogP) is 3.80. The average molecular weight is 329 g/mol. The number of hydrogen-bond acceptors (Lipinski definition) is 3. The van der Waals surface area contributed by atoms with E-state index in [1.54, 1.807) is 12.4 Å². The Morgan fingerprint density at radius 1 is 1.20 bits per heavy atom. The molecule has 2 atom stereocenters. The van der Waals surface area contributed by atoms with Gasteiger partial charge in [-0.2, -0.15) is 5.10 Å². The Morgan fingerprint density at radius 3 is 2.88 bits per heavy atom. The number of carbonyl (C=O) groups is 1. The second-order valence-corrected chi connectivity index (χ2v) is 6.51. The monoisotopic (exact) mass is 329 g/mol. The van der Waals surface area contributed by atoms with Crippen LogP contribution in [0.5, 0.6) is 0 Å². The Balaban J connectivity index is 1.41. The zero-order valence-corrected chi connectivity index (χ0v) is 14.0. The summed E-state index contributed by atoms with van der Waals surface area (Å²) in [6.07, 6.45) is 4.38. The molecule has 1 aliphatic rings. The van der Waals surface area contributed by atoms with E-state index in [9.17, 15) is 4.79 Å². The second kappa shape index (κ2) is 6.48. The lowest BCUT2D eigenvalue weighted by Gasteiger charge is -2.03. The fourth-order valence-electron chi connectivity index (χ4n) is 3.28. The Bertz CT molecular complexity index is 950. The van der Waals surface area contributed by atoms with E-state index in [1.165, 1.54) is 5.56 Å². The van der Waals surface area contributed by atoms with Gasteiger partial charge in [-0.1, -0.05) is 36.4 Å². The predicted molar refractivity (Wildman–Crippen MR) is 99.5 cm³/mol. The van der Waals surface area contributed by atoms with Gasteiger partial charge in [-0.25, -0.2) is 5.43 Å². The maximum Gasteiger partial charge on any atom is 0.243 e. The lowest BCUT2D eigenvalue weighted by Crippen LogP contribution is -2.20. The molecule has 0 bridgehead atoms. The minimum absolute atomic E-state index is 0.00993. The molecular weight excluding hydrogens is 310 g/mol. The molecule has 1 N–H and O–H groups in total. The van der Waals surface area contributed by atoms with Gasteiger partial charge in [0.1, 0.15) is 0 Å². The molecule has 1 amide bonds. The molecule has 2 unspecified atom stereocenters.